The Labute approximate surface area is 87.3 Å². The normalized spacial score (nSPS) is 11.1. The molecule has 5 heteroatoms. The first-order chi connectivity index (χ1) is 7.27. The first-order valence-corrected chi connectivity index (χ1v) is 4.60. The fourth-order valence-electron chi connectivity index (χ4n) is 1.21. The molecule has 2 aromatic heterocycles. The second-order valence-electron chi connectivity index (χ2n) is 3.19. The lowest BCUT2D eigenvalue weighted by Gasteiger charge is -1.91. The number of hydrogen-bond acceptors (Lipinski definition) is 4. The van der Waals surface area contributed by atoms with Gasteiger partial charge in [0.05, 0.1) is 17.6 Å². The molecule has 0 aromatic carbocycles. The predicted octanol–water partition coefficient (Wildman–Crippen LogP) is 2.84. The molecular formula is C10H11N5. The van der Waals surface area contributed by atoms with Gasteiger partial charge in [-0.3, -0.25) is 10.1 Å². The van der Waals surface area contributed by atoms with Crippen LogP contribution in [0.3, 0.4) is 0 Å². The van der Waals surface area contributed by atoms with Crippen LogP contribution in [0.4, 0.5) is 11.4 Å². The molecule has 1 N–H and O–H groups in total. The molecule has 0 unspecified atom stereocenters. The Bertz CT molecular complexity index is 452. The predicted molar refractivity (Wildman–Crippen MR) is 56.5 cm³/mol. The maximum Gasteiger partial charge on any atom is 0.129 e. The van der Waals surface area contributed by atoms with Crippen molar-refractivity contribution in [2.24, 2.45) is 10.2 Å². The van der Waals surface area contributed by atoms with E-state index >= 15 is 0 Å². The maximum absolute atomic E-state index is 4.13. The smallest absolute Gasteiger partial charge is 0.129 e. The molecule has 15 heavy (non-hydrogen) atoms. The van der Waals surface area contributed by atoms with E-state index in [1.807, 2.05) is 26.0 Å². The summed E-state index contributed by atoms with van der Waals surface area (Å²) in [6.45, 7) is 3.80. The van der Waals surface area contributed by atoms with Crippen LogP contribution < -0.4 is 0 Å². The second-order valence-corrected chi connectivity index (χ2v) is 3.19. The van der Waals surface area contributed by atoms with Crippen LogP contribution in [0.1, 0.15) is 11.4 Å². The van der Waals surface area contributed by atoms with E-state index in [0.29, 0.717) is 0 Å². The van der Waals surface area contributed by atoms with E-state index < -0.39 is 0 Å². The third-order valence-corrected chi connectivity index (χ3v) is 2.00. The Morgan fingerprint density at radius 2 is 2.13 bits per heavy atom. The summed E-state index contributed by atoms with van der Waals surface area (Å²) in [7, 11) is 0. The zero-order valence-corrected chi connectivity index (χ0v) is 8.60. The van der Waals surface area contributed by atoms with Crippen molar-refractivity contribution in [1.82, 2.24) is 15.2 Å². The zero-order valence-electron chi connectivity index (χ0n) is 8.60. The van der Waals surface area contributed by atoms with E-state index in [4.69, 9.17) is 0 Å². The standard InChI is InChI=1S/C10H11N5/c1-7-10(8(2)13-12-7)15-14-9-4-3-5-11-6-9/h3-6H,1-2H3,(H,12,13)/b15-14+. The first kappa shape index (κ1) is 9.51. The monoisotopic (exact) mass is 201 g/mol. The lowest BCUT2D eigenvalue weighted by Crippen LogP contribution is -1.70. The van der Waals surface area contributed by atoms with Crippen molar-refractivity contribution in [3.8, 4) is 0 Å². The fraction of sp³-hybridized carbons (Fsp3) is 0.200. The molecule has 0 aliphatic heterocycles. The van der Waals surface area contributed by atoms with Gasteiger partial charge in [0.2, 0.25) is 0 Å². The molecule has 2 rings (SSSR count). The molecule has 0 radical (unpaired) electrons. The summed E-state index contributed by atoms with van der Waals surface area (Å²) >= 11 is 0. The number of nitrogens with zero attached hydrogens (tertiary/aromatic N) is 4. The van der Waals surface area contributed by atoms with Crippen molar-refractivity contribution < 1.29 is 0 Å². The summed E-state index contributed by atoms with van der Waals surface area (Å²) in [5, 5.41) is 15.1. The summed E-state index contributed by atoms with van der Waals surface area (Å²) in [6.07, 6.45) is 3.36. The van der Waals surface area contributed by atoms with Gasteiger partial charge in [-0.25, -0.2) is 0 Å². The van der Waals surface area contributed by atoms with Crippen LogP contribution in [-0.2, 0) is 0 Å². The molecule has 0 fully saturated rings. The molecule has 0 spiro atoms. The van der Waals surface area contributed by atoms with E-state index in [-0.39, 0.29) is 0 Å². The third-order valence-electron chi connectivity index (χ3n) is 2.00. The van der Waals surface area contributed by atoms with Crippen molar-refractivity contribution in [1.29, 1.82) is 0 Å². The van der Waals surface area contributed by atoms with Gasteiger partial charge in [-0.05, 0) is 26.0 Å². The van der Waals surface area contributed by atoms with Crippen molar-refractivity contribution in [3.05, 3.63) is 35.9 Å². The lowest BCUT2D eigenvalue weighted by molar-refractivity contribution is 1.02. The summed E-state index contributed by atoms with van der Waals surface area (Å²) in [4.78, 5) is 3.95. The average Bonchev–Trinajstić information content (AvgIpc) is 2.58. The Hall–Kier alpha value is -2.04. The van der Waals surface area contributed by atoms with E-state index in [1.165, 1.54) is 0 Å². The second kappa shape index (κ2) is 4.00. The van der Waals surface area contributed by atoms with Crippen LogP contribution in [0.15, 0.2) is 34.8 Å². The molecule has 2 heterocycles. The van der Waals surface area contributed by atoms with E-state index in [2.05, 4.69) is 25.4 Å². The molecular weight excluding hydrogens is 190 g/mol. The van der Waals surface area contributed by atoms with Crippen LogP contribution in [-0.4, -0.2) is 15.2 Å². The fourth-order valence-corrected chi connectivity index (χ4v) is 1.21. The highest BCUT2D eigenvalue weighted by Crippen LogP contribution is 2.22. The Balaban J connectivity index is 2.26. The number of hydrogen-bond donors (Lipinski definition) is 1. The van der Waals surface area contributed by atoms with E-state index in [1.54, 1.807) is 12.4 Å². The number of pyridine rings is 1. The molecule has 0 aliphatic carbocycles. The number of aromatic nitrogens is 3. The van der Waals surface area contributed by atoms with Crippen LogP contribution in [0.25, 0.3) is 0 Å². The summed E-state index contributed by atoms with van der Waals surface area (Å²) in [6, 6.07) is 3.67. The molecule has 2 aromatic rings. The third kappa shape index (κ3) is 2.07. The minimum atomic E-state index is 0.734. The molecule has 0 amide bonds. The number of azo groups is 1. The summed E-state index contributed by atoms with van der Waals surface area (Å²) < 4.78 is 0. The van der Waals surface area contributed by atoms with Gasteiger partial charge < -0.3 is 0 Å². The minimum absolute atomic E-state index is 0.734. The number of H-pyrrole nitrogens is 1. The average molecular weight is 201 g/mol. The molecule has 0 atom stereocenters. The highest BCUT2D eigenvalue weighted by molar-refractivity contribution is 5.45. The maximum atomic E-state index is 4.13. The van der Waals surface area contributed by atoms with E-state index in [0.717, 1.165) is 22.8 Å². The van der Waals surface area contributed by atoms with Gasteiger partial charge in [0.25, 0.3) is 0 Å². The number of rotatable bonds is 2. The Morgan fingerprint density at radius 1 is 1.27 bits per heavy atom. The van der Waals surface area contributed by atoms with E-state index in [9.17, 15) is 0 Å². The van der Waals surface area contributed by atoms with Crippen LogP contribution in [0, 0.1) is 13.8 Å². The van der Waals surface area contributed by atoms with Crippen LogP contribution in [0.5, 0.6) is 0 Å². The highest BCUT2D eigenvalue weighted by Gasteiger charge is 2.03. The van der Waals surface area contributed by atoms with Crippen LogP contribution in [0.2, 0.25) is 0 Å². The summed E-state index contributed by atoms with van der Waals surface area (Å²) in [5.41, 5.74) is 3.29. The zero-order chi connectivity index (χ0) is 10.7. The molecule has 0 bridgehead atoms. The lowest BCUT2D eigenvalue weighted by atomic mass is 10.3. The van der Waals surface area contributed by atoms with Crippen molar-refractivity contribution in [2.45, 2.75) is 13.8 Å². The van der Waals surface area contributed by atoms with Crippen molar-refractivity contribution >= 4 is 11.4 Å². The van der Waals surface area contributed by atoms with Gasteiger partial charge in [-0.1, -0.05) is 0 Å². The van der Waals surface area contributed by atoms with Gasteiger partial charge in [-0.2, -0.15) is 5.10 Å². The van der Waals surface area contributed by atoms with Gasteiger partial charge in [0, 0.05) is 6.20 Å². The topological polar surface area (TPSA) is 66.3 Å². The molecule has 0 saturated carbocycles. The Kier molecular flexibility index (Phi) is 2.53. The van der Waals surface area contributed by atoms with Crippen molar-refractivity contribution in [2.75, 3.05) is 0 Å². The molecule has 0 aliphatic rings. The minimum Gasteiger partial charge on any atom is -0.280 e. The number of aromatic amines is 1. The highest BCUT2D eigenvalue weighted by atomic mass is 15.2. The first-order valence-electron chi connectivity index (χ1n) is 4.60. The molecule has 76 valence electrons. The van der Waals surface area contributed by atoms with Gasteiger partial charge in [-0.15, -0.1) is 10.2 Å². The van der Waals surface area contributed by atoms with Gasteiger partial charge in [0.15, 0.2) is 0 Å². The van der Waals surface area contributed by atoms with Gasteiger partial charge in [0.1, 0.15) is 11.4 Å². The quantitative estimate of drug-likeness (QED) is 0.759. The Morgan fingerprint density at radius 3 is 2.73 bits per heavy atom. The summed E-state index contributed by atoms with van der Waals surface area (Å²) in [5.74, 6) is 0. The molecule has 0 saturated heterocycles. The molecule has 5 nitrogen and oxygen atoms in total. The van der Waals surface area contributed by atoms with Crippen molar-refractivity contribution in [3.63, 3.8) is 0 Å². The van der Waals surface area contributed by atoms with Crippen LogP contribution >= 0.6 is 0 Å². The largest absolute Gasteiger partial charge is 0.280 e. The van der Waals surface area contributed by atoms with Gasteiger partial charge >= 0.3 is 0 Å². The number of nitrogens with one attached hydrogen (secondary N) is 1. The SMILES string of the molecule is Cc1n[nH]c(C)c1/N=N/c1cccnc1. The number of aryl methyl sites for hydroxylation is 2.